The second kappa shape index (κ2) is 4.51. The van der Waals surface area contributed by atoms with Gasteiger partial charge in [-0.2, -0.15) is 0 Å². The molecule has 15 heavy (non-hydrogen) atoms. The highest BCUT2D eigenvalue weighted by Gasteiger charge is 2.22. The summed E-state index contributed by atoms with van der Waals surface area (Å²) in [7, 11) is 0. The van der Waals surface area contributed by atoms with Crippen molar-refractivity contribution in [3.05, 3.63) is 18.5 Å². The quantitative estimate of drug-likeness (QED) is 0.797. The number of pyridine rings is 1. The number of nitrogens with two attached hydrogens (primary N) is 1. The summed E-state index contributed by atoms with van der Waals surface area (Å²) < 4.78 is 0. The smallest absolute Gasteiger partial charge is 0.0736 e. The van der Waals surface area contributed by atoms with Crippen molar-refractivity contribution in [2.75, 3.05) is 17.6 Å². The van der Waals surface area contributed by atoms with Crippen molar-refractivity contribution < 1.29 is 0 Å². The van der Waals surface area contributed by atoms with Crippen molar-refractivity contribution in [2.45, 2.75) is 26.2 Å². The molecule has 1 fully saturated rings. The molecule has 3 nitrogen and oxygen atoms in total. The lowest BCUT2D eigenvalue weighted by Crippen LogP contribution is -2.17. The monoisotopic (exact) mass is 205 g/mol. The lowest BCUT2D eigenvalue weighted by atomic mass is 9.98. The lowest BCUT2D eigenvalue weighted by molar-refractivity contribution is 0.440. The Labute approximate surface area is 91.1 Å². The van der Waals surface area contributed by atoms with Crippen LogP contribution in [0.4, 0.5) is 11.4 Å². The second-order valence-corrected chi connectivity index (χ2v) is 4.51. The standard InChI is InChI=1S/C12H19N3/c1-9-3-2-4-10(9)7-15-12-5-6-14-8-11(12)13/h5-6,8-10H,2-4,7,13H2,1H3,(H,14,15). The zero-order valence-electron chi connectivity index (χ0n) is 9.24. The summed E-state index contributed by atoms with van der Waals surface area (Å²) in [4.78, 5) is 3.97. The normalized spacial score (nSPS) is 25.4. The molecular weight excluding hydrogens is 186 g/mol. The molecule has 1 saturated carbocycles. The van der Waals surface area contributed by atoms with E-state index in [1.54, 1.807) is 12.4 Å². The van der Waals surface area contributed by atoms with E-state index in [4.69, 9.17) is 5.73 Å². The van der Waals surface area contributed by atoms with Gasteiger partial charge in [0.05, 0.1) is 17.6 Å². The van der Waals surface area contributed by atoms with Crippen LogP contribution in [0, 0.1) is 11.8 Å². The van der Waals surface area contributed by atoms with Gasteiger partial charge in [-0.25, -0.2) is 0 Å². The highest BCUT2D eigenvalue weighted by atomic mass is 14.9. The number of nitrogens with zero attached hydrogens (tertiary/aromatic N) is 1. The first-order valence-corrected chi connectivity index (χ1v) is 5.70. The average Bonchev–Trinajstić information content (AvgIpc) is 2.63. The Hall–Kier alpha value is -1.25. The molecule has 1 aliphatic carbocycles. The van der Waals surface area contributed by atoms with Crippen LogP contribution in [0.2, 0.25) is 0 Å². The van der Waals surface area contributed by atoms with Gasteiger partial charge in [0.15, 0.2) is 0 Å². The minimum atomic E-state index is 0.739. The third-order valence-corrected chi connectivity index (χ3v) is 3.45. The van der Waals surface area contributed by atoms with Gasteiger partial charge in [-0.15, -0.1) is 0 Å². The van der Waals surface area contributed by atoms with Gasteiger partial charge < -0.3 is 11.1 Å². The van der Waals surface area contributed by atoms with E-state index in [1.165, 1.54) is 19.3 Å². The number of nitrogen functional groups attached to an aromatic ring is 1. The average molecular weight is 205 g/mol. The van der Waals surface area contributed by atoms with E-state index in [-0.39, 0.29) is 0 Å². The van der Waals surface area contributed by atoms with E-state index in [0.29, 0.717) is 0 Å². The van der Waals surface area contributed by atoms with Crippen LogP contribution in [-0.4, -0.2) is 11.5 Å². The number of hydrogen-bond donors (Lipinski definition) is 2. The first-order chi connectivity index (χ1) is 7.27. The van der Waals surface area contributed by atoms with Crippen molar-refractivity contribution in [3.8, 4) is 0 Å². The molecule has 1 aromatic heterocycles. The van der Waals surface area contributed by atoms with E-state index >= 15 is 0 Å². The van der Waals surface area contributed by atoms with Crippen LogP contribution in [0.15, 0.2) is 18.5 Å². The largest absolute Gasteiger partial charge is 0.396 e. The predicted molar refractivity (Wildman–Crippen MR) is 63.6 cm³/mol. The van der Waals surface area contributed by atoms with Crippen LogP contribution >= 0.6 is 0 Å². The van der Waals surface area contributed by atoms with Gasteiger partial charge in [0, 0.05) is 12.7 Å². The zero-order valence-corrected chi connectivity index (χ0v) is 9.24. The van der Waals surface area contributed by atoms with E-state index < -0.39 is 0 Å². The molecule has 82 valence electrons. The zero-order chi connectivity index (χ0) is 10.7. The van der Waals surface area contributed by atoms with E-state index in [0.717, 1.165) is 29.8 Å². The molecular formula is C12H19N3. The van der Waals surface area contributed by atoms with Crippen LogP contribution in [0.25, 0.3) is 0 Å². The molecule has 1 aliphatic rings. The molecule has 0 bridgehead atoms. The van der Waals surface area contributed by atoms with Gasteiger partial charge in [0.1, 0.15) is 0 Å². The second-order valence-electron chi connectivity index (χ2n) is 4.51. The molecule has 0 amide bonds. The number of rotatable bonds is 3. The fourth-order valence-electron chi connectivity index (χ4n) is 2.33. The molecule has 3 heteroatoms. The fraction of sp³-hybridized carbons (Fsp3) is 0.583. The van der Waals surface area contributed by atoms with Crippen molar-refractivity contribution in [1.29, 1.82) is 0 Å². The van der Waals surface area contributed by atoms with Gasteiger partial charge in [-0.1, -0.05) is 19.8 Å². The van der Waals surface area contributed by atoms with Gasteiger partial charge in [-0.3, -0.25) is 4.98 Å². The Morgan fingerprint density at radius 3 is 3.07 bits per heavy atom. The van der Waals surface area contributed by atoms with E-state index in [2.05, 4.69) is 17.2 Å². The first kappa shape index (κ1) is 10.3. The van der Waals surface area contributed by atoms with Crippen LogP contribution in [0.1, 0.15) is 26.2 Å². The molecule has 0 saturated heterocycles. The van der Waals surface area contributed by atoms with Gasteiger partial charge in [0.2, 0.25) is 0 Å². The molecule has 2 rings (SSSR count). The number of aromatic nitrogens is 1. The molecule has 1 heterocycles. The minimum Gasteiger partial charge on any atom is -0.396 e. The van der Waals surface area contributed by atoms with Crippen molar-refractivity contribution in [2.24, 2.45) is 11.8 Å². The number of anilines is 2. The topological polar surface area (TPSA) is 50.9 Å². The number of nitrogens with one attached hydrogen (secondary N) is 1. The molecule has 0 aromatic carbocycles. The fourth-order valence-corrected chi connectivity index (χ4v) is 2.33. The molecule has 0 spiro atoms. The van der Waals surface area contributed by atoms with Gasteiger partial charge in [-0.05, 0) is 24.3 Å². The third kappa shape index (κ3) is 2.41. The summed E-state index contributed by atoms with van der Waals surface area (Å²) in [6.07, 6.45) is 7.56. The maximum atomic E-state index is 5.81. The molecule has 0 radical (unpaired) electrons. The highest BCUT2D eigenvalue weighted by Crippen LogP contribution is 2.31. The highest BCUT2D eigenvalue weighted by molar-refractivity contribution is 5.64. The van der Waals surface area contributed by atoms with E-state index in [9.17, 15) is 0 Å². The van der Waals surface area contributed by atoms with Crippen molar-refractivity contribution >= 4 is 11.4 Å². The molecule has 2 unspecified atom stereocenters. The Kier molecular flexibility index (Phi) is 3.09. The van der Waals surface area contributed by atoms with Crippen LogP contribution < -0.4 is 11.1 Å². The predicted octanol–water partition coefficient (Wildman–Crippen LogP) is 2.51. The Bertz CT molecular complexity index is 324. The van der Waals surface area contributed by atoms with E-state index in [1.807, 2.05) is 6.07 Å². The van der Waals surface area contributed by atoms with Crippen LogP contribution in [-0.2, 0) is 0 Å². The van der Waals surface area contributed by atoms with Gasteiger partial charge in [0.25, 0.3) is 0 Å². The summed E-state index contributed by atoms with van der Waals surface area (Å²) >= 11 is 0. The van der Waals surface area contributed by atoms with Gasteiger partial charge >= 0.3 is 0 Å². The Morgan fingerprint density at radius 1 is 1.53 bits per heavy atom. The van der Waals surface area contributed by atoms with Crippen molar-refractivity contribution in [3.63, 3.8) is 0 Å². The summed E-state index contributed by atoms with van der Waals surface area (Å²) in [5.41, 5.74) is 7.57. The molecule has 2 atom stereocenters. The Balaban J connectivity index is 1.90. The first-order valence-electron chi connectivity index (χ1n) is 5.70. The van der Waals surface area contributed by atoms with Crippen LogP contribution in [0.5, 0.6) is 0 Å². The summed E-state index contributed by atoms with van der Waals surface area (Å²) in [5, 5.41) is 3.42. The third-order valence-electron chi connectivity index (χ3n) is 3.45. The lowest BCUT2D eigenvalue weighted by Gasteiger charge is -2.17. The molecule has 0 aliphatic heterocycles. The minimum absolute atomic E-state index is 0.739. The maximum absolute atomic E-state index is 5.81. The summed E-state index contributed by atoms with van der Waals surface area (Å²) in [6.45, 7) is 3.38. The SMILES string of the molecule is CC1CCCC1CNc1ccncc1N. The maximum Gasteiger partial charge on any atom is 0.0736 e. The summed E-state index contributed by atoms with van der Waals surface area (Å²) in [5.74, 6) is 1.65. The van der Waals surface area contributed by atoms with Crippen LogP contribution in [0.3, 0.4) is 0 Å². The Morgan fingerprint density at radius 2 is 2.40 bits per heavy atom. The molecule has 1 aromatic rings. The van der Waals surface area contributed by atoms with Crippen molar-refractivity contribution in [1.82, 2.24) is 4.98 Å². The summed E-state index contributed by atoms with van der Waals surface area (Å²) in [6, 6.07) is 1.94. The number of hydrogen-bond acceptors (Lipinski definition) is 3. The molecule has 3 N–H and O–H groups in total.